The van der Waals surface area contributed by atoms with Crippen LogP contribution in [0.25, 0.3) is 0 Å². The van der Waals surface area contributed by atoms with Crippen molar-refractivity contribution in [1.29, 1.82) is 0 Å². The van der Waals surface area contributed by atoms with E-state index in [9.17, 15) is 10.1 Å². The Kier molecular flexibility index (Phi) is 3.57. The lowest BCUT2D eigenvalue weighted by Crippen LogP contribution is -2.02. The Hall–Kier alpha value is -2.37. The van der Waals surface area contributed by atoms with Crippen LogP contribution >= 0.6 is 0 Å². The van der Waals surface area contributed by atoms with Gasteiger partial charge in [-0.05, 0) is 18.6 Å². The van der Waals surface area contributed by atoms with Crippen molar-refractivity contribution >= 4 is 11.4 Å². The fourth-order valence-corrected chi connectivity index (χ4v) is 1.65. The summed E-state index contributed by atoms with van der Waals surface area (Å²) in [4.78, 5) is 10.4. The molecule has 0 amide bonds. The van der Waals surface area contributed by atoms with E-state index in [2.05, 4.69) is 15.5 Å². The van der Waals surface area contributed by atoms with Gasteiger partial charge in [0.15, 0.2) is 0 Å². The van der Waals surface area contributed by atoms with Gasteiger partial charge in [0.2, 0.25) is 0 Å². The normalized spacial score (nSPS) is 10.3. The van der Waals surface area contributed by atoms with E-state index in [-0.39, 0.29) is 5.69 Å². The SMILES string of the molecule is CCc1cc(CNc2ccccc2[N+](=O)[O-])[nH]n1. The van der Waals surface area contributed by atoms with Gasteiger partial charge < -0.3 is 5.32 Å². The highest BCUT2D eigenvalue weighted by Gasteiger charge is 2.11. The van der Waals surface area contributed by atoms with Gasteiger partial charge in [0, 0.05) is 6.07 Å². The van der Waals surface area contributed by atoms with Crippen LogP contribution in [0.5, 0.6) is 0 Å². The third-order valence-corrected chi connectivity index (χ3v) is 2.62. The van der Waals surface area contributed by atoms with Crippen molar-refractivity contribution in [1.82, 2.24) is 10.2 Å². The lowest BCUT2D eigenvalue weighted by molar-refractivity contribution is -0.384. The van der Waals surface area contributed by atoms with Gasteiger partial charge in [-0.1, -0.05) is 19.1 Å². The van der Waals surface area contributed by atoms with E-state index < -0.39 is 4.92 Å². The van der Waals surface area contributed by atoms with E-state index in [4.69, 9.17) is 0 Å². The van der Waals surface area contributed by atoms with Gasteiger partial charge in [-0.15, -0.1) is 0 Å². The van der Waals surface area contributed by atoms with Crippen LogP contribution in [-0.4, -0.2) is 15.1 Å². The monoisotopic (exact) mass is 246 g/mol. The van der Waals surface area contributed by atoms with E-state index >= 15 is 0 Å². The fourth-order valence-electron chi connectivity index (χ4n) is 1.65. The van der Waals surface area contributed by atoms with Gasteiger partial charge in [-0.2, -0.15) is 5.10 Å². The Morgan fingerprint density at radius 2 is 2.22 bits per heavy atom. The van der Waals surface area contributed by atoms with Crippen molar-refractivity contribution in [2.24, 2.45) is 0 Å². The maximum absolute atomic E-state index is 10.8. The topological polar surface area (TPSA) is 83.9 Å². The zero-order valence-electron chi connectivity index (χ0n) is 10.0. The van der Waals surface area contributed by atoms with Crippen molar-refractivity contribution in [3.8, 4) is 0 Å². The number of para-hydroxylation sites is 2. The number of nitrogens with one attached hydrogen (secondary N) is 2. The molecule has 0 aliphatic rings. The summed E-state index contributed by atoms with van der Waals surface area (Å²) in [7, 11) is 0. The Morgan fingerprint density at radius 3 is 2.89 bits per heavy atom. The largest absolute Gasteiger partial charge is 0.374 e. The van der Waals surface area contributed by atoms with E-state index in [1.807, 2.05) is 13.0 Å². The van der Waals surface area contributed by atoms with Crippen LogP contribution in [0.15, 0.2) is 30.3 Å². The predicted molar refractivity (Wildman–Crippen MR) is 68.4 cm³/mol. The zero-order chi connectivity index (χ0) is 13.0. The molecule has 2 aromatic rings. The summed E-state index contributed by atoms with van der Waals surface area (Å²) in [5, 5.41) is 20.9. The summed E-state index contributed by atoms with van der Waals surface area (Å²) < 4.78 is 0. The number of rotatable bonds is 5. The van der Waals surface area contributed by atoms with Gasteiger partial charge >= 0.3 is 0 Å². The smallest absolute Gasteiger partial charge is 0.292 e. The predicted octanol–water partition coefficient (Wildman–Crippen LogP) is 2.49. The number of nitrogens with zero attached hydrogens (tertiary/aromatic N) is 2. The molecule has 2 rings (SSSR count). The number of aryl methyl sites for hydroxylation is 1. The summed E-state index contributed by atoms with van der Waals surface area (Å²) in [6.45, 7) is 2.51. The lowest BCUT2D eigenvalue weighted by atomic mass is 10.2. The third-order valence-electron chi connectivity index (χ3n) is 2.62. The fraction of sp³-hybridized carbons (Fsp3) is 0.250. The average molecular weight is 246 g/mol. The molecule has 2 N–H and O–H groups in total. The van der Waals surface area contributed by atoms with Crippen LogP contribution < -0.4 is 5.32 Å². The quantitative estimate of drug-likeness (QED) is 0.627. The molecular formula is C12H14N4O2. The molecule has 0 aliphatic carbocycles. The molecule has 0 atom stereocenters. The summed E-state index contributed by atoms with van der Waals surface area (Å²) in [5.41, 5.74) is 2.47. The molecule has 0 saturated carbocycles. The van der Waals surface area contributed by atoms with Crippen molar-refractivity contribution < 1.29 is 4.92 Å². The zero-order valence-corrected chi connectivity index (χ0v) is 10.0. The number of benzene rings is 1. The summed E-state index contributed by atoms with van der Waals surface area (Å²) >= 11 is 0. The molecule has 1 heterocycles. The number of anilines is 1. The molecule has 0 bridgehead atoms. The van der Waals surface area contributed by atoms with Crippen LogP contribution in [0, 0.1) is 10.1 Å². The van der Waals surface area contributed by atoms with Gasteiger partial charge in [0.1, 0.15) is 5.69 Å². The molecule has 0 fully saturated rings. The van der Waals surface area contributed by atoms with Crippen LogP contribution in [-0.2, 0) is 13.0 Å². The molecule has 0 spiro atoms. The van der Waals surface area contributed by atoms with Crippen LogP contribution in [0.2, 0.25) is 0 Å². The summed E-state index contributed by atoms with van der Waals surface area (Å²) in [6, 6.07) is 8.53. The maximum atomic E-state index is 10.8. The summed E-state index contributed by atoms with van der Waals surface area (Å²) in [5.74, 6) is 0. The molecule has 1 aromatic heterocycles. The van der Waals surface area contributed by atoms with Crippen molar-refractivity contribution in [2.45, 2.75) is 19.9 Å². The molecule has 0 aliphatic heterocycles. The second-order valence-corrected chi connectivity index (χ2v) is 3.87. The second kappa shape index (κ2) is 5.31. The molecule has 0 radical (unpaired) electrons. The van der Waals surface area contributed by atoms with Crippen LogP contribution in [0.4, 0.5) is 11.4 Å². The first-order valence-electron chi connectivity index (χ1n) is 5.71. The van der Waals surface area contributed by atoms with Crippen LogP contribution in [0.1, 0.15) is 18.3 Å². The molecule has 0 saturated heterocycles. The number of nitro benzene ring substituents is 1. The summed E-state index contributed by atoms with van der Waals surface area (Å²) in [6.07, 6.45) is 0.863. The highest BCUT2D eigenvalue weighted by molar-refractivity contribution is 5.61. The molecule has 1 aromatic carbocycles. The van der Waals surface area contributed by atoms with E-state index in [0.29, 0.717) is 12.2 Å². The Bertz CT molecular complexity index is 551. The number of hydrogen-bond donors (Lipinski definition) is 2. The van der Waals surface area contributed by atoms with Crippen LogP contribution in [0.3, 0.4) is 0 Å². The van der Waals surface area contributed by atoms with Crippen molar-refractivity contribution in [3.05, 3.63) is 51.8 Å². The Morgan fingerprint density at radius 1 is 1.44 bits per heavy atom. The maximum Gasteiger partial charge on any atom is 0.292 e. The van der Waals surface area contributed by atoms with Crippen molar-refractivity contribution in [2.75, 3.05) is 5.32 Å². The first-order chi connectivity index (χ1) is 8.70. The molecule has 6 heteroatoms. The Balaban J connectivity index is 2.08. The van der Waals surface area contributed by atoms with E-state index in [0.717, 1.165) is 17.8 Å². The minimum Gasteiger partial charge on any atom is -0.374 e. The first-order valence-corrected chi connectivity index (χ1v) is 5.71. The number of hydrogen-bond acceptors (Lipinski definition) is 4. The number of aromatic nitrogens is 2. The number of aromatic amines is 1. The number of nitro groups is 1. The second-order valence-electron chi connectivity index (χ2n) is 3.87. The molecular weight excluding hydrogens is 232 g/mol. The first kappa shape index (κ1) is 12.1. The molecule has 18 heavy (non-hydrogen) atoms. The standard InChI is InChI=1S/C12H14N4O2/c1-2-9-7-10(15-14-9)8-13-11-5-3-4-6-12(11)16(17)18/h3-7,13H,2,8H2,1H3,(H,14,15). The minimum atomic E-state index is -0.396. The van der Waals surface area contributed by atoms with Gasteiger partial charge in [-0.3, -0.25) is 15.2 Å². The van der Waals surface area contributed by atoms with Gasteiger partial charge in [0.05, 0.1) is 22.9 Å². The third kappa shape index (κ3) is 2.65. The molecule has 0 unspecified atom stereocenters. The number of H-pyrrole nitrogens is 1. The average Bonchev–Trinajstić information content (AvgIpc) is 2.84. The lowest BCUT2D eigenvalue weighted by Gasteiger charge is -2.04. The van der Waals surface area contributed by atoms with E-state index in [1.54, 1.807) is 18.2 Å². The van der Waals surface area contributed by atoms with E-state index in [1.165, 1.54) is 6.07 Å². The molecule has 94 valence electrons. The Labute approximate surface area is 104 Å². The van der Waals surface area contributed by atoms with Gasteiger partial charge in [0.25, 0.3) is 5.69 Å². The minimum absolute atomic E-state index is 0.0766. The highest BCUT2D eigenvalue weighted by atomic mass is 16.6. The van der Waals surface area contributed by atoms with Gasteiger partial charge in [-0.25, -0.2) is 0 Å². The van der Waals surface area contributed by atoms with Crippen molar-refractivity contribution in [3.63, 3.8) is 0 Å². The molecule has 6 nitrogen and oxygen atoms in total. The highest BCUT2D eigenvalue weighted by Crippen LogP contribution is 2.23.